The normalized spacial score (nSPS) is 21.0. The topological polar surface area (TPSA) is 21.3 Å². The van der Waals surface area contributed by atoms with Gasteiger partial charge < -0.3 is 10.1 Å². The molecule has 0 saturated heterocycles. The highest BCUT2D eigenvalue weighted by atomic mass is 16.5. The number of hydrogen-bond acceptors (Lipinski definition) is 2. The summed E-state index contributed by atoms with van der Waals surface area (Å²) in [4.78, 5) is 0. The summed E-state index contributed by atoms with van der Waals surface area (Å²) < 4.78 is 5.95. The first-order valence-electron chi connectivity index (χ1n) is 11.8. The molecular formula is C29H35NO. The van der Waals surface area contributed by atoms with Gasteiger partial charge in [-0.1, -0.05) is 79.7 Å². The SMILES string of the molecule is CC1CC(c2ccc(OCc3ccccc3)cc2)CCC1NCCCc1ccccc1. The van der Waals surface area contributed by atoms with Crippen LogP contribution in [0.15, 0.2) is 84.9 Å². The average molecular weight is 414 g/mol. The van der Waals surface area contributed by atoms with E-state index in [9.17, 15) is 0 Å². The molecule has 3 aromatic carbocycles. The molecule has 0 radical (unpaired) electrons. The van der Waals surface area contributed by atoms with Gasteiger partial charge >= 0.3 is 0 Å². The Morgan fingerprint density at radius 1 is 0.806 bits per heavy atom. The molecule has 1 fully saturated rings. The van der Waals surface area contributed by atoms with E-state index in [2.05, 4.69) is 91.1 Å². The van der Waals surface area contributed by atoms with E-state index in [4.69, 9.17) is 4.74 Å². The zero-order valence-corrected chi connectivity index (χ0v) is 18.7. The largest absolute Gasteiger partial charge is 0.489 e. The summed E-state index contributed by atoms with van der Waals surface area (Å²) in [6.45, 7) is 4.15. The highest BCUT2D eigenvalue weighted by Gasteiger charge is 2.27. The minimum atomic E-state index is 0.623. The van der Waals surface area contributed by atoms with Crippen molar-refractivity contribution in [3.63, 3.8) is 0 Å². The molecule has 0 amide bonds. The average Bonchev–Trinajstić information content (AvgIpc) is 2.83. The van der Waals surface area contributed by atoms with E-state index >= 15 is 0 Å². The van der Waals surface area contributed by atoms with E-state index in [1.54, 1.807) is 0 Å². The zero-order valence-electron chi connectivity index (χ0n) is 18.7. The van der Waals surface area contributed by atoms with E-state index < -0.39 is 0 Å². The summed E-state index contributed by atoms with van der Waals surface area (Å²) in [5.74, 6) is 2.33. The first-order valence-corrected chi connectivity index (χ1v) is 11.8. The fourth-order valence-electron chi connectivity index (χ4n) is 4.80. The van der Waals surface area contributed by atoms with Crippen LogP contribution in [0.4, 0.5) is 0 Å². The lowest BCUT2D eigenvalue weighted by molar-refractivity contribution is 0.256. The quantitative estimate of drug-likeness (QED) is 0.391. The molecule has 1 aliphatic rings. The van der Waals surface area contributed by atoms with Crippen molar-refractivity contribution in [2.45, 2.75) is 57.6 Å². The third-order valence-corrected chi connectivity index (χ3v) is 6.66. The summed E-state index contributed by atoms with van der Waals surface area (Å²) in [5, 5.41) is 3.84. The van der Waals surface area contributed by atoms with Gasteiger partial charge in [-0.05, 0) is 79.3 Å². The Balaban J connectivity index is 1.20. The number of nitrogens with one attached hydrogen (secondary N) is 1. The van der Waals surface area contributed by atoms with Gasteiger partial charge in [-0.3, -0.25) is 0 Å². The van der Waals surface area contributed by atoms with E-state index in [1.165, 1.54) is 42.4 Å². The van der Waals surface area contributed by atoms with Gasteiger partial charge in [0.2, 0.25) is 0 Å². The van der Waals surface area contributed by atoms with Crippen molar-refractivity contribution in [1.82, 2.24) is 5.32 Å². The lowest BCUT2D eigenvalue weighted by atomic mass is 9.76. The molecule has 2 nitrogen and oxygen atoms in total. The van der Waals surface area contributed by atoms with Gasteiger partial charge in [-0.25, -0.2) is 0 Å². The summed E-state index contributed by atoms with van der Waals surface area (Å²) in [7, 11) is 0. The van der Waals surface area contributed by atoms with E-state index in [0.717, 1.165) is 18.7 Å². The summed E-state index contributed by atoms with van der Waals surface area (Å²) in [6.07, 6.45) is 6.17. The number of hydrogen-bond donors (Lipinski definition) is 1. The Kier molecular flexibility index (Phi) is 7.79. The van der Waals surface area contributed by atoms with Crippen molar-refractivity contribution >= 4 is 0 Å². The first-order chi connectivity index (χ1) is 15.3. The Hall–Kier alpha value is -2.58. The minimum absolute atomic E-state index is 0.623. The van der Waals surface area contributed by atoms with Crippen LogP contribution < -0.4 is 10.1 Å². The minimum Gasteiger partial charge on any atom is -0.489 e. The first kappa shape index (κ1) is 21.6. The van der Waals surface area contributed by atoms with Crippen LogP contribution in [0.5, 0.6) is 5.75 Å². The van der Waals surface area contributed by atoms with Gasteiger partial charge in [0.1, 0.15) is 12.4 Å². The smallest absolute Gasteiger partial charge is 0.119 e. The third kappa shape index (κ3) is 6.45. The molecule has 1 aliphatic carbocycles. The molecule has 3 atom stereocenters. The lowest BCUT2D eigenvalue weighted by Crippen LogP contribution is -2.39. The van der Waals surface area contributed by atoms with Gasteiger partial charge in [0.15, 0.2) is 0 Å². The fourth-order valence-corrected chi connectivity index (χ4v) is 4.80. The highest BCUT2D eigenvalue weighted by Crippen LogP contribution is 2.36. The molecule has 31 heavy (non-hydrogen) atoms. The molecule has 0 aromatic heterocycles. The molecule has 1 saturated carbocycles. The number of ether oxygens (including phenoxy) is 1. The second-order valence-electron chi connectivity index (χ2n) is 8.98. The molecule has 0 aliphatic heterocycles. The summed E-state index contributed by atoms with van der Waals surface area (Å²) in [5.41, 5.74) is 4.11. The van der Waals surface area contributed by atoms with Crippen LogP contribution in [-0.2, 0) is 13.0 Å². The van der Waals surface area contributed by atoms with Gasteiger partial charge in [0.05, 0.1) is 0 Å². The maximum Gasteiger partial charge on any atom is 0.119 e. The predicted octanol–water partition coefficient (Wildman–Crippen LogP) is 6.76. The Morgan fingerprint density at radius 2 is 1.48 bits per heavy atom. The van der Waals surface area contributed by atoms with Crippen LogP contribution in [0.2, 0.25) is 0 Å². The number of benzene rings is 3. The van der Waals surface area contributed by atoms with Crippen molar-refractivity contribution in [3.05, 3.63) is 102 Å². The van der Waals surface area contributed by atoms with Gasteiger partial charge in [-0.15, -0.1) is 0 Å². The van der Waals surface area contributed by atoms with Gasteiger partial charge in [-0.2, -0.15) is 0 Å². The van der Waals surface area contributed by atoms with Gasteiger partial charge in [0.25, 0.3) is 0 Å². The fraction of sp³-hybridized carbons (Fsp3) is 0.379. The third-order valence-electron chi connectivity index (χ3n) is 6.66. The highest BCUT2D eigenvalue weighted by molar-refractivity contribution is 5.30. The Labute approximate surface area is 187 Å². The molecule has 162 valence electrons. The van der Waals surface area contributed by atoms with Crippen LogP contribution in [0.1, 0.15) is 55.2 Å². The maximum absolute atomic E-state index is 5.95. The van der Waals surface area contributed by atoms with Crippen molar-refractivity contribution in [2.24, 2.45) is 5.92 Å². The van der Waals surface area contributed by atoms with Crippen LogP contribution in [-0.4, -0.2) is 12.6 Å². The van der Waals surface area contributed by atoms with Crippen LogP contribution >= 0.6 is 0 Å². The molecule has 1 N–H and O–H groups in total. The summed E-state index contributed by atoms with van der Waals surface area (Å²) in [6, 6.07) is 30.6. The molecule has 0 heterocycles. The molecule has 3 aromatic rings. The predicted molar refractivity (Wildman–Crippen MR) is 130 cm³/mol. The maximum atomic E-state index is 5.95. The van der Waals surface area contributed by atoms with Gasteiger partial charge in [0, 0.05) is 6.04 Å². The second kappa shape index (κ2) is 11.2. The molecule has 3 unspecified atom stereocenters. The zero-order chi connectivity index (χ0) is 21.3. The van der Waals surface area contributed by atoms with Crippen LogP contribution in [0.3, 0.4) is 0 Å². The van der Waals surface area contributed by atoms with Crippen LogP contribution in [0, 0.1) is 5.92 Å². The Bertz CT molecular complexity index is 891. The molecule has 0 spiro atoms. The molecule has 4 rings (SSSR count). The van der Waals surface area contributed by atoms with E-state index in [1.807, 2.05) is 6.07 Å². The number of aryl methyl sites for hydroxylation is 1. The second-order valence-corrected chi connectivity index (χ2v) is 8.98. The lowest BCUT2D eigenvalue weighted by Gasteiger charge is -2.35. The standard InChI is InChI=1S/C29H35NO/c1-23-21-27(16-19-29(23)30-20-8-13-24-9-4-2-5-10-24)26-14-17-28(18-15-26)31-22-25-11-6-3-7-12-25/h2-7,9-12,14-15,17-18,23,27,29-30H,8,13,16,19-22H2,1H3. The molecule has 0 bridgehead atoms. The van der Waals surface area contributed by atoms with E-state index in [-0.39, 0.29) is 0 Å². The monoisotopic (exact) mass is 413 g/mol. The Morgan fingerprint density at radius 3 is 2.16 bits per heavy atom. The molecular weight excluding hydrogens is 378 g/mol. The van der Waals surface area contributed by atoms with Crippen LogP contribution in [0.25, 0.3) is 0 Å². The van der Waals surface area contributed by atoms with E-state index in [0.29, 0.717) is 24.5 Å². The number of rotatable bonds is 9. The van der Waals surface area contributed by atoms with Crippen molar-refractivity contribution in [1.29, 1.82) is 0 Å². The molecule has 2 heteroatoms. The van der Waals surface area contributed by atoms with Crippen molar-refractivity contribution in [2.75, 3.05) is 6.54 Å². The summed E-state index contributed by atoms with van der Waals surface area (Å²) >= 11 is 0. The van der Waals surface area contributed by atoms with Crippen molar-refractivity contribution < 1.29 is 4.74 Å². The van der Waals surface area contributed by atoms with Crippen molar-refractivity contribution in [3.8, 4) is 5.75 Å².